The molecular formula is C11H14Cl2O2. The van der Waals surface area contributed by atoms with E-state index in [9.17, 15) is 5.11 Å². The molecule has 0 aliphatic heterocycles. The fourth-order valence-electron chi connectivity index (χ4n) is 1.36. The minimum absolute atomic E-state index is 0.0437. The summed E-state index contributed by atoms with van der Waals surface area (Å²) in [6.07, 6.45) is 0.0508. The molecule has 0 aliphatic carbocycles. The lowest BCUT2D eigenvalue weighted by Gasteiger charge is -2.17. The Bertz CT molecular complexity index is 326. The summed E-state index contributed by atoms with van der Waals surface area (Å²) in [6, 6.07) is 5.32. The molecule has 1 rings (SSSR count). The van der Waals surface area contributed by atoms with Gasteiger partial charge in [-0.3, -0.25) is 0 Å². The first-order valence-corrected chi connectivity index (χ1v) is 5.53. The standard InChI is InChI=1S/C11H14Cl2O2/c1-7(15)9(6-14)4-8-2-3-10(12)11(13)5-8/h2-3,5,7,9,14-15H,4,6H2,1H3. The van der Waals surface area contributed by atoms with Gasteiger partial charge in [0.2, 0.25) is 0 Å². The van der Waals surface area contributed by atoms with Crippen molar-refractivity contribution in [1.82, 2.24) is 0 Å². The zero-order chi connectivity index (χ0) is 11.4. The van der Waals surface area contributed by atoms with Crippen molar-refractivity contribution in [3.8, 4) is 0 Å². The smallest absolute Gasteiger partial charge is 0.0595 e. The molecule has 0 bridgehead atoms. The Kier molecular flexibility index (Phi) is 4.87. The van der Waals surface area contributed by atoms with Crippen LogP contribution in [0.1, 0.15) is 12.5 Å². The van der Waals surface area contributed by atoms with Crippen molar-refractivity contribution in [2.75, 3.05) is 6.61 Å². The third kappa shape index (κ3) is 3.65. The van der Waals surface area contributed by atoms with Crippen LogP contribution in [0.4, 0.5) is 0 Å². The summed E-state index contributed by atoms with van der Waals surface area (Å²) < 4.78 is 0. The Labute approximate surface area is 99.5 Å². The molecule has 0 fully saturated rings. The normalized spacial score (nSPS) is 15.0. The van der Waals surface area contributed by atoms with Crippen molar-refractivity contribution in [1.29, 1.82) is 0 Å². The Balaban J connectivity index is 2.75. The van der Waals surface area contributed by atoms with Crippen LogP contribution < -0.4 is 0 Å². The molecule has 0 aromatic heterocycles. The second-order valence-electron chi connectivity index (χ2n) is 3.64. The molecule has 0 aliphatic rings. The van der Waals surface area contributed by atoms with Gasteiger partial charge in [-0.1, -0.05) is 29.3 Å². The second-order valence-corrected chi connectivity index (χ2v) is 4.45. The number of rotatable bonds is 4. The van der Waals surface area contributed by atoms with Crippen molar-refractivity contribution in [3.63, 3.8) is 0 Å². The zero-order valence-electron chi connectivity index (χ0n) is 8.45. The molecule has 0 amide bonds. The van der Waals surface area contributed by atoms with Crippen molar-refractivity contribution >= 4 is 23.2 Å². The van der Waals surface area contributed by atoms with Gasteiger partial charge in [-0.15, -0.1) is 0 Å². The Hall–Kier alpha value is -0.280. The van der Waals surface area contributed by atoms with Gasteiger partial charge in [0.1, 0.15) is 0 Å². The number of hydrogen-bond donors (Lipinski definition) is 2. The highest BCUT2D eigenvalue weighted by Crippen LogP contribution is 2.24. The number of aliphatic hydroxyl groups excluding tert-OH is 2. The zero-order valence-corrected chi connectivity index (χ0v) is 9.96. The molecule has 2 atom stereocenters. The van der Waals surface area contributed by atoms with Crippen LogP contribution >= 0.6 is 23.2 Å². The first kappa shape index (κ1) is 12.8. The van der Waals surface area contributed by atoms with Crippen LogP contribution in [0, 0.1) is 5.92 Å². The van der Waals surface area contributed by atoms with E-state index in [1.807, 2.05) is 6.07 Å². The molecule has 2 unspecified atom stereocenters. The van der Waals surface area contributed by atoms with Crippen LogP contribution in [0.2, 0.25) is 10.0 Å². The van der Waals surface area contributed by atoms with Gasteiger partial charge in [0.05, 0.1) is 16.1 Å². The summed E-state index contributed by atoms with van der Waals surface area (Å²) >= 11 is 11.6. The minimum Gasteiger partial charge on any atom is -0.396 e. The SMILES string of the molecule is CC(O)C(CO)Cc1ccc(Cl)c(Cl)c1. The molecule has 0 radical (unpaired) electrons. The van der Waals surface area contributed by atoms with Crippen molar-refractivity contribution in [2.45, 2.75) is 19.4 Å². The minimum atomic E-state index is -0.538. The summed E-state index contributed by atoms with van der Waals surface area (Å²) in [4.78, 5) is 0. The lowest BCUT2D eigenvalue weighted by Crippen LogP contribution is -2.22. The van der Waals surface area contributed by atoms with Crippen LogP contribution in [-0.2, 0) is 6.42 Å². The molecule has 15 heavy (non-hydrogen) atoms. The van der Waals surface area contributed by atoms with Crippen LogP contribution in [0.5, 0.6) is 0 Å². The summed E-state index contributed by atoms with van der Waals surface area (Å²) in [6.45, 7) is 1.62. The van der Waals surface area contributed by atoms with E-state index < -0.39 is 6.10 Å². The highest BCUT2D eigenvalue weighted by molar-refractivity contribution is 6.42. The average Bonchev–Trinajstić information content (AvgIpc) is 2.19. The molecule has 0 heterocycles. The van der Waals surface area contributed by atoms with E-state index >= 15 is 0 Å². The molecule has 0 saturated carbocycles. The van der Waals surface area contributed by atoms with Crippen LogP contribution in [0.3, 0.4) is 0 Å². The van der Waals surface area contributed by atoms with Gasteiger partial charge in [0.15, 0.2) is 0 Å². The van der Waals surface area contributed by atoms with E-state index in [4.69, 9.17) is 28.3 Å². The van der Waals surface area contributed by atoms with Crippen LogP contribution in [0.25, 0.3) is 0 Å². The molecule has 2 N–H and O–H groups in total. The summed E-state index contributed by atoms with van der Waals surface area (Å²) in [5, 5.41) is 19.4. The van der Waals surface area contributed by atoms with Gasteiger partial charge in [0.25, 0.3) is 0 Å². The maximum atomic E-state index is 9.38. The highest BCUT2D eigenvalue weighted by atomic mass is 35.5. The molecule has 1 aromatic carbocycles. The fourth-order valence-corrected chi connectivity index (χ4v) is 1.68. The monoisotopic (exact) mass is 248 g/mol. The molecular weight excluding hydrogens is 235 g/mol. The van der Waals surface area contributed by atoms with E-state index in [1.54, 1.807) is 19.1 Å². The summed E-state index contributed by atoms with van der Waals surface area (Å²) in [7, 11) is 0. The Morgan fingerprint density at radius 2 is 1.93 bits per heavy atom. The van der Waals surface area contributed by atoms with Gasteiger partial charge >= 0.3 is 0 Å². The van der Waals surface area contributed by atoms with Gasteiger partial charge < -0.3 is 10.2 Å². The Morgan fingerprint density at radius 1 is 1.27 bits per heavy atom. The Morgan fingerprint density at radius 3 is 2.40 bits per heavy atom. The highest BCUT2D eigenvalue weighted by Gasteiger charge is 2.14. The van der Waals surface area contributed by atoms with Crippen molar-refractivity contribution in [2.24, 2.45) is 5.92 Å². The molecule has 0 spiro atoms. The predicted octanol–water partition coefficient (Wildman–Crippen LogP) is 2.53. The quantitative estimate of drug-likeness (QED) is 0.860. The molecule has 84 valence electrons. The molecule has 1 aromatic rings. The van der Waals surface area contributed by atoms with E-state index in [-0.39, 0.29) is 12.5 Å². The summed E-state index contributed by atoms with van der Waals surface area (Å²) in [5.41, 5.74) is 0.962. The number of aliphatic hydroxyl groups is 2. The van der Waals surface area contributed by atoms with Gasteiger partial charge in [-0.2, -0.15) is 0 Å². The fraction of sp³-hybridized carbons (Fsp3) is 0.455. The van der Waals surface area contributed by atoms with Gasteiger partial charge in [-0.25, -0.2) is 0 Å². The second kappa shape index (κ2) is 5.71. The molecule has 2 nitrogen and oxygen atoms in total. The maximum Gasteiger partial charge on any atom is 0.0595 e. The van der Waals surface area contributed by atoms with Gasteiger partial charge in [-0.05, 0) is 31.0 Å². The average molecular weight is 249 g/mol. The topological polar surface area (TPSA) is 40.5 Å². The largest absolute Gasteiger partial charge is 0.396 e. The van der Waals surface area contributed by atoms with Crippen LogP contribution in [-0.4, -0.2) is 22.9 Å². The lowest BCUT2D eigenvalue weighted by atomic mass is 9.96. The molecule has 4 heteroatoms. The lowest BCUT2D eigenvalue weighted by molar-refractivity contribution is 0.0810. The molecule has 0 saturated heterocycles. The van der Waals surface area contributed by atoms with Crippen molar-refractivity contribution < 1.29 is 10.2 Å². The van der Waals surface area contributed by atoms with E-state index in [0.717, 1.165) is 5.56 Å². The third-order valence-corrected chi connectivity index (χ3v) is 3.14. The third-order valence-electron chi connectivity index (χ3n) is 2.40. The number of halogens is 2. The first-order chi connectivity index (χ1) is 7.04. The van der Waals surface area contributed by atoms with E-state index in [0.29, 0.717) is 16.5 Å². The number of benzene rings is 1. The van der Waals surface area contributed by atoms with E-state index in [1.165, 1.54) is 0 Å². The first-order valence-electron chi connectivity index (χ1n) is 4.77. The number of hydrogen-bond acceptors (Lipinski definition) is 2. The van der Waals surface area contributed by atoms with E-state index in [2.05, 4.69) is 0 Å². The van der Waals surface area contributed by atoms with Crippen molar-refractivity contribution in [3.05, 3.63) is 33.8 Å². The predicted molar refractivity (Wildman–Crippen MR) is 62.4 cm³/mol. The summed E-state index contributed by atoms with van der Waals surface area (Å²) in [5.74, 6) is -0.165. The van der Waals surface area contributed by atoms with Gasteiger partial charge in [0, 0.05) is 12.5 Å². The van der Waals surface area contributed by atoms with Crippen LogP contribution in [0.15, 0.2) is 18.2 Å². The maximum absolute atomic E-state index is 9.38.